The Morgan fingerprint density at radius 1 is 1.29 bits per heavy atom. The standard InChI is InChI=1S/C15H22FN/c1-3-11(4-2)10-14(16)13-7-5-6-12-8-9-17-15(12)13/h5-7,11,14,17H,3-4,8-10H2,1-2H3. The van der Waals surface area contributed by atoms with E-state index in [4.69, 9.17) is 0 Å². The number of hydrogen-bond donors (Lipinski definition) is 1. The van der Waals surface area contributed by atoms with E-state index in [1.807, 2.05) is 12.1 Å². The first kappa shape index (κ1) is 12.4. The third kappa shape index (κ3) is 2.62. The van der Waals surface area contributed by atoms with Gasteiger partial charge in [-0.25, -0.2) is 4.39 Å². The lowest BCUT2D eigenvalue weighted by Gasteiger charge is -2.18. The van der Waals surface area contributed by atoms with Gasteiger partial charge in [0.15, 0.2) is 0 Å². The fraction of sp³-hybridized carbons (Fsp3) is 0.600. The van der Waals surface area contributed by atoms with E-state index in [0.717, 1.165) is 37.1 Å². The molecule has 0 aromatic heterocycles. The molecule has 0 radical (unpaired) electrons. The van der Waals surface area contributed by atoms with Crippen LogP contribution in [-0.4, -0.2) is 6.54 Å². The van der Waals surface area contributed by atoms with E-state index < -0.39 is 6.17 Å². The molecule has 0 amide bonds. The molecular formula is C15H22FN. The largest absolute Gasteiger partial charge is 0.384 e. The molecule has 1 aliphatic rings. The van der Waals surface area contributed by atoms with Crippen molar-refractivity contribution in [3.8, 4) is 0 Å². The molecule has 0 bridgehead atoms. The molecule has 1 atom stereocenters. The Labute approximate surface area is 103 Å². The highest BCUT2D eigenvalue weighted by Gasteiger charge is 2.21. The predicted octanol–water partition coefficient (Wildman–Crippen LogP) is 4.49. The number of fused-ring (bicyclic) bond motifs is 1. The molecule has 1 aromatic rings. The van der Waals surface area contributed by atoms with Crippen LogP contribution in [0.4, 0.5) is 10.1 Å². The minimum absolute atomic E-state index is 0.502. The Hall–Kier alpha value is -1.05. The Kier molecular flexibility index (Phi) is 4.03. The normalized spacial score (nSPS) is 15.8. The lowest BCUT2D eigenvalue weighted by atomic mass is 9.92. The first-order valence-electron chi connectivity index (χ1n) is 6.76. The van der Waals surface area contributed by atoms with Crippen molar-refractivity contribution in [2.24, 2.45) is 5.92 Å². The minimum Gasteiger partial charge on any atom is -0.384 e. The molecule has 0 fully saturated rings. The summed E-state index contributed by atoms with van der Waals surface area (Å²) in [4.78, 5) is 0. The molecule has 0 saturated carbocycles. The summed E-state index contributed by atoms with van der Waals surface area (Å²) < 4.78 is 14.4. The number of hydrogen-bond acceptors (Lipinski definition) is 1. The first-order valence-corrected chi connectivity index (χ1v) is 6.76. The molecule has 0 spiro atoms. The van der Waals surface area contributed by atoms with Crippen molar-refractivity contribution in [3.05, 3.63) is 29.3 Å². The zero-order valence-corrected chi connectivity index (χ0v) is 10.8. The van der Waals surface area contributed by atoms with Gasteiger partial charge in [-0.2, -0.15) is 0 Å². The molecule has 2 rings (SSSR count). The Morgan fingerprint density at radius 2 is 2.06 bits per heavy atom. The Bertz CT molecular complexity index is 371. The van der Waals surface area contributed by atoms with Gasteiger partial charge in [0.25, 0.3) is 0 Å². The molecule has 1 heterocycles. The van der Waals surface area contributed by atoms with Gasteiger partial charge >= 0.3 is 0 Å². The number of nitrogens with one attached hydrogen (secondary N) is 1. The quantitative estimate of drug-likeness (QED) is 0.792. The molecular weight excluding hydrogens is 213 g/mol. The second kappa shape index (κ2) is 5.52. The number of alkyl halides is 1. The molecule has 2 heteroatoms. The van der Waals surface area contributed by atoms with Crippen LogP contribution in [0.1, 0.15) is 50.4 Å². The number of rotatable bonds is 5. The van der Waals surface area contributed by atoms with E-state index >= 15 is 0 Å². The monoisotopic (exact) mass is 235 g/mol. The van der Waals surface area contributed by atoms with Gasteiger partial charge in [0, 0.05) is 17.8 Å². The van der Waals surface area contributed by atoms with E-state index in [2.05, 4.69) is 25.2 Å². The van der Waals surface area contributed by atoms with Crippen LogP contribution in [0.2, 0.25) is 0 Å². The fourth-order valence-electron chi connectivity index (χ4n) is 2.67. The van der Waals surface area contributed by atoms with Crippen molar-refractivity contribution in [2.75, 3.05) is 11.9 Å². The van der Waals surface area contributed by atoms with Gasteiger partial charge in [-0.1, -0.05) is 44.9 Å². The third-order valence-electron chi connectivity index (χ3n) is 3.91. The summed E-state index contributed by atoms with van der Waals surface area (Å²) in [5, 5.41) is 3.32. The van der Waals surface area contributed by atoms with E-state index in [0.29, 0.717) is 12.3 Å². The first-order chi connectivity index (χ1) is 8.26. The molecule has 1 aromatic carbocycles. The maximum atomic E-state index is 14.4. The molecule has 94 valence electrons. The topological polar surface area (TPSA) is 12.0 Å². The van der Waals surface area contributed by atoms with Crippen LogP contribution < -0.4 is 5.32 Å². The van der Waals surface area contributed by atoms with Crippen molar-refractivity contribution in [2.45, 2.75) is 45.7 Å². The fourth-order valence-corrected chi connectivity index (χ4v) is 2.67. The predicted molar refractivity (Wildman–Crippen MR) is 71.2 cm³/mol. The van der Waals surface area contributed by atoms with Crippen molar-refractivity contribution >= 4 is 5.69 Å². The van der Waals surface area contributed by atoms with Gasteiger partial charge in [0.05, 0.1) is 0 Å². The van der Waals surface area contributed by atoms with Gasteiger partial charge in [0.1, 0.15) is 6.17 Å². The Morgan fingerprint density at radius 3 is 2.76 bits per heavy atom. The van der Waals surface area contributed by atoms with Crippen LogP contribution in [0.25, 0.3) is 0 Å². The highest BCUT2D eigenvalue weighted by Crippen LogP contribution is 2.36. The van der Waals surface area contributed by atoms with Crippen molar-refractivity contribution < 1.29 is 4.39 Å². The maximum absolute atomic E-state index is 14.4. The molecule has 1 aliphatic heterocycles. The maximum Gasteiger partial charge on any atom is 0.127 e. The number of anilines is 1. The van der Waals surface area contributed by atoms with Gasteiger partial charge in [-0.3, -0.25) is 0 Å². The van der Waals surface area contributed by atoms with Gasteiger partial charge in [0.2, 0.25) is 0 Å². The summed E-state index contributed by atoms with van der Waals surface area (Å²) in [6.07, 6.45) is 3.01. The SMILES string of the molecule is CCC(CC)CC(F)c1cccc2c1NCC2. The molecule has 0 aliphatic carbocycles. The molecule has 1 nitrogen and oxygen atoms in total. The smallest absolute Gasteiger partial charge is 0.127 e. The lowest BCUT2D eigenvalue weighted by Crippen LogP contribution is -2.05. The summed E-state index contributed by atoms with van der Waals surface area (Å²) in [5.41, 5.74) is 3.20. The number of para-hydroxylation sites is 1. The summed E-state index contributed by atoms with van der Waals surface area (Å²) in [6, 6.07) is 6.02. The second-order valence-corrected chi connectivity index (χ2v) is 4.94. The van der Waals surface area contributed by atoms with E-state index in [-0.39, 0.29) is 0 Å². The summed E-state index contributed by atoms with van der Waals surface area (Å²) in [7, 11) is 0. The van der Waals surface area contributed by atoms with Crippen LogP contribution in [0.5, 0.6) is 0 Å². The zero-order valence-electron chi connectivity index (χ0n) is 10.8. The molecule has 0 saturated heterocycles. The highest BCUT2D eigenvalue weighted by molar-refractivity contribution is 5.61. The van der Waals surface area contributed by atoms with Crippen LogP contribution in [0, 0.1) is 5.92 Å². The van der Waals surface area contributed by atoms with E-state index in [9.17, 15) is 4.39 Å². The summed E-state index contributed by atoms with van der Waals surface area (Å²) >= 11 is 0. The third-order valence-corrected chi connectivity index (χ3v) is 3.91. The average Bonchev–Trinajstić information content (AvgIpc) is 2.83. The zero-order chi connectivity index (χ0) is 12.3. The minimum atomic E-state index is -0.819. The average molecular weight is 235 g/mol. The van der Waals surface area contributed by atoms with Crippen LogP contribution in [0.15, 0.2) is 18.2 Å². The highest BCUT2D eigenvalue weighted by atomic mass is 19.1. The van der Waals surface area contributed by atoms with E-state index in [1.165, 1.54) is 5.56 Å². The van der Waals surface area contributed by atoms with Crippen molar-refractivity contribution in [3.63, 3.8) is 0 Å². The Balaban J connectivity index is 2.14. The summed E-state index contributed by atoms with van der Waals surface area (Å²) in [6.45, 7) is 5.24. The van der Waals surface area contributed by atoms with Crippen LogP contribution in [-0.2, 0) is 6.42 Å². The van der Waals surface area contributed by atoms with Crippen LogP contribution in [0.3, 0.4) is 0 Å². The lowest BCUT2D eigenvalue weighted by molar-refractivity contribution is 0.265. The van der Waals surface area contributed by atoms with Crippen molar-refractivity contribution in [1.82, 2.24) is 0 Å². The van der Waals surface area contributed by atoms with Gasteiger partial charge < -0.3 is 5.32 Å². The number of benzene rings is 1. The van der Waals surface area contributed by atoms with Crippen molar-refractivity contribution in [1.29, 1.82) is 0 Å². The van der Waals surface area contributed by atoms with Crippen LogP contribution >= 0.6 is 0 Å². The second-order valence-electron chi connectivity index (χ2n) is 4.94. The van der Waals surface area contributed by atoms with Gasteiger partial charge in [-0.15, -0.1) is 0 Å². The van der Waals surface area contributed by atoms with Gasteiger partial charge in [-0.05, 0) is 24.3 Å². The molecule has 17 heavy (non-hydrogen) atoms. The molecule has 1 unspecified atom stereocenters. The van der Waals surface area contributed by atoms with E-state index in [1.54, 1.807) is 0 Å². The summed E-state index contributed by atoms with van der Waals surface area (Å²) in [5.74, 6) is 0.502. The number of halogens is 1. The molecule has 1 N–H and O–H groups in total.